The van der Waals surface area contributed by atoms with Crippen molar-refractivity contribution in [2.24, 2.45) is 0 Å². The average molecular weight is 224 g/mol. The Morgan fingerprint density at radius 1 is 1.56 bits per heavy atom. The standard InChI is InChI=1S/C10H16N4O2/c1-3-16-7(2)4-14-10(15)8-5-13-9(11)6-12-8/h5-7H,3-4H2,1-2H3,(H2,11,13)(H,14,15). The van der Waals surface area contributed by atoms with Crippen LogP contribution < -0.4 is 11.1 Å². The van der Waals surface area contributed by atoms with Crippen molar-refractivity contribution in [1.82, 2.24) is 15.3 Å². The first-order chi connectivity index (χ1) is 7.63. The Morgan fingerprint density at radius 3 is 2.88 bits per heavy atom. The van der Waals surface area contributed by atoms with Crippen molar-refractivity contribution in [2.75, 3.05) is 18.9 Å². The van der Waals surface area contributed by atoms with E-state index in [-0.39, 0.29) is 17.7 Å². The van der Waals surface area contributed by atoms with E-state index in [2.05, 4.69) is 15.3 Å². The molecule has 0 aromatic carbocycles. The monoisotopic (exact) mass is 224 g/mol. The van der Waals surface area contributed by atoms with E-state index in [0.717, 1.165) is 0 Å². The van der Waals surface area contributed by atoms with Gasteiger partial charge in [0.25, 0.3) is 5.91 Å². The van der Waals surface area contributed by atoms with E-state index in [0.29, 0.717) is 19.0 Å². The number of anilines is 1. The molecule has 3 N–H and O–H groups in total. The van der Waals surface area contributed by atoms with E-state index in [4.69, 9.17) is 10.5 Å². The number of hydrogen-bond acceptors (Lipinski definition) is 5. The Balaban J connectivity index is 2.43. The van der Waals surface area contributed by atoms with Crippen molar-refractivity contribution >= 4 is 11.7 Å². The molecule has 1 aromatic rings. The molecular weight excluding hydrogens is 208 g/mol. The summed E-state index contributed by atoms with van der Waals surface area (Å²) in [5, 5.41) is 2.70. The Morgan fingerprint density at radius 2 is 2.31 bits per heavy atom. The minimum atomic E-state index is -0.279. The fourth-order valence-corrected chi connectivity index (χ4v) is 1.13. The predicted molar refractivity (Wildman–Crippen MR) is 59.9 cm³/mol. The molecule has 0 radical (unpaired) electrons. The number of nitrogens with zero attached hydrogens (tertiary/aromatic N) is 2. The lowest BCUT2D eigenvalue weighted by atomic mass is 10.3. The number of nitrogen functional groups attached to an aromatic ring is 1. The van der Waals surface area contributed by atoms with Crippen LogP contribution in [0.5, 0.6) is 0 Å². The number of ether oxygens (including phenoxy) is 1. The van der Waals surface area contributed by atoms with Crippen molar-refractivity contribution in [1.29, 1.82) is 0 Å². The van der Waals surface area contributed by atoms with Gasteiger partial charge in [-0.1, -0.05) is 0 Å². The van der Waals surface area contributed by atoms with Gasteiger partial charge < -0.3 is 15.8 Å². The summed E-state index contributed by atoms with van der Waals surface area (Å²) in [5.74, 6) is 0.0123. The number of nitrogens with two attached hydrogens (primary N) is 1. The van der Waals surface area contributed by atoms with Crippen LogP contribution in [0.3, 0.4) is 0 Å². The van der Waals surface area contributed by atoms with Gasteiger partial charge in [0, 0.05) is 13.2 Å². The van der Waals surface area contributed by atoms with Crippen LogP contribution in [-0.2, 0) is 4.74 Å². The molecule has 16 heavy (non-hydrogen) atoms. The lowest BCUT2D eigenvalue weighted by molar-refractivity contribution is 0.0693. The van der Waals surface area contributed by atoms with Crippen molar-refractivity contribution in [3.63, 3.8) is 0 Å². The number of rotatable bonds is 5. The second kappa shape index (κ2) is 6.02. The molecule has 1 rings (SSSR count). The van der Waals surface area contributed by atoms with Crippen molar-refractivity contribution in [2.45, 2.75) is 20.0 Å². The lowest BCUT2D eigenvalue weighted by Crippen LogP contribution is -2.32. The van der Waals surface area contributed by atoms with Crippen LogP contribution in [0.1, 0.15) is 24.3 Å². The summed E-state index contributed by atoms with van der Waals surface area (Å²) in [4.78, 5) is 19.2. The highest BCUT2D eigenvalue weighted by Crippen LogP contribution is 1.96. The molecule has 0 bridgehead atoms. The zero-order chi connectivity index (χ0) is 12.0. The Labute approximate surface area is 94.2 Å². The normalized spacial score (nSPS) is 12.1. The van der Waals surface area contributed by atoms with E-state index in [9.17, 15) is 4.79 Å². The second-order valence-corrected chi connectivity index (χ2v) is 3.30. The first-order valence-electron chi connectivity index (χ1n) is 5.10. The lowest BCUT2D eigenvalue weighted by Gasteiger charge is -2.11. The van der Waals surface area contributed by atoms with E-state index in [1.54, 1.807) is 0 Å². The van der Waals surface area contributed by atoms with E-state index < -0.39 is 0 Å². The number of carbonyl (C=O) groups is 1. The van der Waals surface area contributed by atoms with Crippen molar-refractivity contribution in [3.8, 4) is 0 Å². The first-order valence-corrected chi connectivity index (χ1v) is 5.10. The molecule has 6 heteroatoms. The van der Waals surface area contributed by atoms with Crippen LogP contribution in [0.15, 0.2) is 12.4 Å². The molecule has 88 valence electrons. The molecule has 1 atom stereocenters. The van der Waals surface area contributed by atoms with E-state index in [1.165, 1.54) is 12.4 Å². The third kappa shape index (κ3) is 3.82. The summed E-state index contributed by atoms with van der Waals surface area (Å²) >= 11 is 0. The predicted octanol–water partition coefficient (Wildman–Crippen LogP) is 0.214. The zero-order valence-electron chi connectivity index (χ0n) is 9.43. The van der Waals surface area contributed by atoms with E-state index >= 15 is 0 Å². The van der Waals surface area contributed by atoms with Gasteiger partial charge in [-0.3, -0.25) is 4.79 Å². The minimum Gasteiger partial charge on any atom is -0.382 e. The topological polar surface area (TPSA) is 90.1 Å². The van der Waals surface area contributed by atoms with Crippen LogP contribution in [0, 0.1) is 0 Å². The number of nitrogens with one attached hydrogen (secondary N) is 1. The fourth-order valence-electron chi connectivity index (χ4n) is 1.13. The fraction of sp³-hybridized carbons (Fsp3) is 0.500. The molecule has 0 aliphatic carbocycles. The van der Waals surface area contributed by atoms with Crippen molar-refractivity contribution < 1.29 is 9.53 Å². The van der Waals surface area contributed by atoms with Gasteiger partial charge in [0.1, 0.15) is 11.5 Å². The van der Waals surface area contributed by atoms with Crippen LogP contribution in [0.2, 0.25) is 0 Å². The largest absolute Gasteiger partial charge is 0.382 e. The molecule has 0 aliphatic rings. The van der Waals surface area contributed by atoms with Gasteiger partial charge in [0.2, 0.25) is 0 Å². The van der Waals surface area contributed by atoms with Crippen LogP contribution in [0.4, 0.5) is 5.82 Å². The molecule has 0 spiro atoms. The molecule has 0 fully saturated rings. The second-order valence-electron chi connectivity index (χ2n) is 3.30. The highest BCUT2D eigenvalue weighted by atomic mass is 16.5. The molecule has 0 aliphatic heterocycles. The summed E-state index contributed by atoms with van der Waals surface area (Å²) in [7, 11) is 0. The molecule has 1 heterocycles. The maximum Gasteiger partial charge on any atom is 0.271 e. The maximum atomic E-state index is 11.6. The van der Waals surface area contributed by atoms with Gasteiger partial charge in [-0.2, -0.15) is 0 Å². The quantitative estimate of drug-likeness (QED) is 0.746. The Kier molecular flexibility index (Phi) is 4.65. The Bertz CT molecular complexity index is 339. The number of aromatic nitrogens is 2. The van der Waals surface area contributed by atoms with E-state index in [1.807, 2.05) is 13.8 Å². The van der Waals surface area contributed by atoms with Gasteiger partial charge in [-0.25, -0.2) is 9.97 Å². The summed E-state index contributed by atoms with van der Waals surface area (Å²) < 4.78 is 5.28. The van der Waals surface area contributed by atoms with Gasteiger partial charge in [-0.05, 0) is 13.8 Å². The van der Waals surface area contributed by atoms with Crippen LogP contribution in [-0.4, -0.2) is 35.1 Å². The van der Waals surface area contributed by atoms with Gasteiger partial charge >= 0.3 is 0 Å². The third-order valence-electron chi connectivity index (χ3n) is 1.91. The molecule has 1 aromatic heterocycles. The highest BCUT2D eigenvalue weighted by molar-refractivity contribution is 5.91. The molecule has 6 nitrogen and oxygen atoms in total. The van der Waals surface area contributed by atoms with Crippen LogP contribution in [0.25, 0.3) is 0 Å². The molecular formula is C10H16N4O2. The minimum absolute atomic E-state index is 0.0179. The third-order valence-corrected chi connectivity index (χ3v) is 1.91. The Hall–Kier alpha value is -1.69. The van der Waals surface area contributed by atoms with Gasteiger partial charge in [-0.15, -0.1) is 0 Å². The first kappa shape index (κ1) is 12.4. The number of hydrogen-bond donors (Lipinski definition) is 2. The molecule has 1 amide bonds. The van der Waals surface area contributed by atoms with Crippen LogP contribution >= 0.6 is 0 Å². The highest BCUT2D eigenvalue weighted by Gasteiger charge is 2.09. The summed E-state index contributed by atoms with van der Waals surface area (Å²) in [6, 6.07) is 0. The summed E-state index contributed by atoms with van der Waals surface area (Å²) in [6.07, 6.45) is 2.67. The smallest absolute Gasteiger partial charge is 0.271 e. The molecule has 0 saturated heterocycles. The molecule has 1 unspecified atom stereocenters. The number of carbonyl (C=O) groups excluding carboxylic acids is 1. The maximum absolute atomic E-state index is 11.6. The van der Waals surface area contributed by atoms with Gasteiger partial charge in [0.15, 0.2) is 0 Å². The molecule has 0 saturated carbocycles. The SMILES string of the molecule is CCOC(C)CNC(=O)c1cnc(N)cn1. The number of amides is 1. The van der Waals surface area contributed by atoms with Gasteiger partial charge in [0.05, 0.1) is 18.5 Å². The van der Waals surface area contributed by atoms with Crippen molar-refractivity contribution in [3.05, 3.63) is 18.1 Å². The summed E-state index contributed by atoms with van der Waals surface area (Å²) in [5.41, 5.74) is 5.61. The average Bonchev–Trinajstić information content (AvgIpc) is 2.27. The summed E-state index contributed by atoms with van der Waals surface area (Å²) in [6.45, 7) is 4.86. The zero-order valence-corrected chi connectivity index (χ0v) is 9.43.